The number of carbonyl (C=O) groups excluding carboxylic acids is 1. The molecule has 150 valence electrons. The molecule has 10 heteroatoms. The quantitative estimate of drug-likeness (QED) is 0.696. The minimum Gasteiger partial charge on any atom is -0.325 e. The smallest absolute Gasteiger partial charge is 0.282 e. The summed E-state index contributed by atoms with van der Waals surface area (Å²) >= 11 is 7.54. The minimum absolute atomic E-state index is 0.0231. The van der Waals surface area contributed by atoms with Crippen LogP contribution in [0.2, 0.25) is 5.02 Å². The van der Waals surface area contributed by atoms with E-state index in [4.69, 9.17) is 11.6 Å². The van der Waals surface area contributed by atoms with Crippen molar-refractivity contribution in [1.82, 2.24) is 8.61 Å². The zero-order valence-electron chi connectivity index (χ0n) is 15.1. The van der Waals surface area contributed by atoms with Crippen molar-refractivity contribution >= 4 is 45.2 Å². The number of rotatable bonds is 6. The van der Waals surface area contributed by atoms with Crippen LogP contribution in [0, 0.1) is 5.82 Å². The summed E-state index contributed by atoms with van der Waals surface area (Å²) in [5.74, 6) is -0.898. The van der Waals surface area contributed by atoms with Crippen LogP contribution in [-0.2, 0) is 21.5 Å². The first kappa shape index (κ1) is 21.1. The van der Waals surface area contributed by atoms with Gasteiger partial charge in [0.25, 0.3) is 10.2 Å². The van der Waals surface area contributed by atoms with Crippen LogP contribution in [0.25, 0.3) is 0 Å². The number of nitrogens with one attached hydrogen (secondary N) is 1. The van der Waals surface area contributed by atoms with Gasteiger partial charge < -0.3 is 5.32 Å². The van der Waals surface area contributed by atoms with Crippen LogP contribution in [0.3, 0.4) is 0 Å². The molecule has 6 nitrogen and oxygen atoms in total. The summed E-state index contributed by atoms with van der Waals surface area (Å²) in [4.78, 5) is 13.3. The summed E-state index contributed by atoms with van der Waals surface area (Å²) < 4.78 is 41.0. The number of hydrogen-bond donors (Lipinski definition) is 1. The van der Waals surface area contributed by atoms with Crippen molar-refractivity contribution in [3.05, 3.63) is 58.9 Å². The Morgan fingerprint density at radius 1 is 1.21 bits per heavy atom. The van der Waals surface area contributed by atoms with E-state index in [0.29, 0.717) is 11.3 Å². The number of thioether (sulfide) groups is 1. The van der Waals surface area contributed by atoms with Gasteiger partial charge in [0.1, 0.15) is 5.82 Å². The first-order chi connectivity index (χ1) is 13.3. The number of anilines is 1. The van der Waals surface area contributed by atoms with Gasteiger partial charge in [0, 0.05) is 35.2 Å². The molecule has 1 N–H and O–H groups in total. The van der Waals surface area contributed by atoms with E-state index in [2.05, 4.69) is 5.32 Å². The summed E-state index contributed by atoms with van der Waals surface area (Å²) in [6.45, 7) is 0.166. The summed E-state index contributed by atoms with van der Waals surface area (Å²) in [6.07, 6.45) is 1.93. The molecule has 1 heterocycles. The molecular weight excluding hydrogens is 425 g/mol. The fraction of sp³-hybridized carbons (Fsp3) is 0.278. The zero-order valence-corrected chi connectivity index (χ0v) is 17.5. The predicted octanol–water partition coefficient (Wildman–Crippen LogP) is 3.20. The van der Waals surface area contributed by atoms with Crippen LogP contribution in [-0.4, -0.2) is 48.8 Å². The predicted molar refractivity (Wildman–Crippen MR) is 109 cm³/mol. The van der Waals surface area contributed by atoms with E-state index in [1.165, 1.54) is 16.4 Å². The molecule has 28 heavy (non-hydrogen) atoms. The molecule has 1 fully saturated rings. The Labute approximate surface area is 172 Å². The summed E-state index contributed by atoms with van der Waals surface area (Å²) in [5, 5.41) is 2.89. The average Bonchev–Trinajstić information content (AvgIpc) is 2.91. The second-order valence-corrected chi connectivity index (χ2v) is 9.41. The first-order valence-electron chi connectivity index (χ1n) is 8.42. The standard InChI is InChI=1S/C18H19ClFN3O3S2/c1-27-16-4-2-3-15(10-16)21-18(24)12-23-8-7-22(28(23,25)26)11-13-5-6-14(20)9-17(13)19/h2-6,9-10H,7-8,11-12H2,1H3,(H,21,24). The Balaban J connectivity index is 1.64. The molecule has 0 unspecified atom stereocenters. The number of benzene rings is 2. The van der Waals surface area contributed by atoms with Crippen molar-refractivity contribution in [2.45, 2.75) is 11.4 Å². The molecule has 1 saturated heterocycles. The van der Waals surface area contributed by atoms with Gasteiger partial charge >= 0.3 is 0 Å². The molecule has 2 aromatic rings. The maximum atomic E-state index is 13.2. The maximum Gasteiger partial charge on any atom is 0.282 e. The molecule has 1 aliphatic rings. The summed E-state index contributed by atoms with van der Waals surface area (Å²) in [7, 11) is -3.80. The molecule has 0 bridgehead atoms. The topological polar surface area (TPSA) is 69.7 Å². The summed E-state index contributed by atoms with van der Waals surface area (Å²) in [6, 6.07) is 11.2. The molecule has 0 spiro atoms. The largest absolute Gasteiger partial charge is 0.325 e. The van der Waals surface area contributed by atoms with Crippen LogP contribution in [0.4, 0.5) is 10.1 Å². The van der Waals surface area contributed by atoms with Crippen LogP contribution in [0.15, 0.2) is 47.4 Å². The SMILES string of the molecule is CSc1cccc(NC(=O)CN2CCN(Cc3ccc(F)cc3Cl)S2(=O)=O)c1. The third-order valence-corrected chi connectivity index (χ3v) is 7.29. The fourth-order valence-electron chi connectivity index (χ4n) is 2.84. The van der Waals surface area contributed by atoms with Gasteiger partial charge in [-0.1, -0.05) is 23.7 Å². The van der Waals surface area contributed by atoms with E-state index in [1.54, 1.807) is 17.8 Å². The number of halogens is 2. The van der Waals surface area contributed by atoms with Crippen molar-refractivity contribution in [1.29, 1.82) is 0 Å². The van der Waals surface area contributed by atoms with E-state index in [0.717, 1.165) is 15.3 Å². The van der Waals surface area contributed by atoms with Gasteiger partial charge in [-0.3, -0.25) is 4.79 Å². The Kier molecular flexibility index (Phi) is 6.61. The van der Waals surface area contributed by atoms with Gasteiger partial charge in [0.2, 0.25) is 5.91 Å². The van der Waals surface area contributed by atoms with E-state index in [-0.39, 0.29) is 31.2 Å². The zero-order chi connectivity index (χ0) is 20.3. The number of nitrogens with zero attached hydrogens (tertiary/aromatic N) is 2. The van der Waals surface area contributed by atoms with Gasteiger partial charge in [-0.2, -0.15) is 17.0 Å². The van der Waals surface area contributed by atoms with Gasteiger partial charge in [-0.05, 0) is 42.2 Å². The molecule has 0 aromatic heterocycles. The van der Waals surface area contributed by atoms with Crippen LogP contribution in [0.1, 0.15) is 5.56 Å². The average molecular weight is 444 g/mol. The second kappa shape index (κ2) is 8.79. The molecule has 0 saturated carbocycles. The highest BCUT2D eigenvalue weighted by Crippen LogP contribution is 2.24. The Morgan fingerprint density at radius 2 is 1.96 bits per heavy atom. The molecule has 1 aliphatic heterocycles. The van der Waals surface area contributed by atoms with Crippen molar-refractivity contribution < 1.29 is 17.6 Å². The molecular formula is C18H19ClFN3O3S2. The van der Waals surface area contributed by atoms with Crippen molar-refractivity contribution in [3.63, 3.8) is 0 Å². The highest BCUT2D eigenvalue weighted by Gasteiger charge is 2.37. The lowest BCUT2D eigenvalue weighted by Crippen LogP contribution is -2.37. The van der Waals surface area contributed by atoms with Gasteiger partial charge in [-0.15, -0.1) is 11.8 Å². The number of hydrogen-bond acceptors (Lipinski definition) is 4. The lowest BCUT2D eigenvalue weighted by atomic mass is 10.2. The van der Waals surface area contributed by atoms with Crippen molar-refractivity contribution in [2.24, 2.45) is 0 Å². The van der Waals surface area contributed by atoms with Crippen LogP contribution < -0.4 is 5.32 Å². The van der Waals surface area contributed by atoms with Gasteiger partial charge in [-0.25, -0.2) is 4.39 Å². The Hall–Kier alpha value is -1.65. The first-order valence-corrected chi connectivity index (χ1v) is 11.4. The number of amides is 1. The Bertz CT molecular complexity index is 988. The number of carbonyl (C=O) groups is 1. The van der Waals surface area contributed by atoms with E-state index in [1.807, 2.05) is 24.5 Å². The Morgan fingerprint density at radius 3 is 2.68 bits per heavy atom. The lowest BCUT2D eigenvalue weighted by molar-refractivity contribution is -0.116. The monoisotopic (exact) mass is 443 g/mol. The molecule has 0 atom stereocenters. The highest BCUT2D eigenvalue weighted by atomic mass is 35.5. The second-order valence-electron chi connectivity index (χ2n) is 6.19. The fourth-order valence-corrected chi connectivity index (χ4v) is 5.06. The van der Waals surface area contributed by atoms with E-state index >= 15 is 0 Å². The van der Waals surface area contributed by atoms with Crippen LogP contribution in [0.5, 0.6) is 0 Å². The van der Waals surface area contributed by atoms with Crippen molar-refractivity contribution in [3.8, 4) is 0 Å². The lowest BCUT2D eigenvalue weighted by Gasteiger charge is -2.19. The molecule has 0 radical (unpaired) electrons. The van der Waals surface area contributed by atoms with Crippen molar-refractivity contribution in [2.75, 3.05) is 31.2 Å². The minimum atomic E-state index is -3.80. The third-order valence-electron chi connectivity index (χ3n) is 4.29. The highest BCUT2D eigenvalue weighted by molar-refractivity contribution is 7.98. The third kappa shape index (κ3) is 4.84. The maximum absolute atomic E-state index is 13.2. The molecule has 1 amide bonds. The van der Waals surface area contributed by atoms with Gasteiger partial charge in [0.15, 0.2) is 0 Å². The summed E-state index contributed by atoms with van der Waals surface area (Å²) in [5.41, 5.74) is 1.12. The van der Waals surface area contributed by atoms with E-state index < -0.39 is 21.9 Å². The van der Waals surface area contributed by atoms with Crippen LogP contribution >= 0.6 is 23.4 Å². The van der Waals surface area contributed by atoms with Gasteiger partial charge in [0.05, 0.1) is 6.54 Å². The van der Waals surface area contributed by atoms with E-state index in [9.17, 15) is 17.6 Å². The molecule has 0 aliphatic carbocycles. The molecule has 2 aromatic carbocycles. The normalized spacial score (nSPS) is 17.0. The molecule has 3 rings (SSSR count).